The van der Waals surface area contributed by atoms with E-state index in [-0.39, 0.29) is 12.3 Å². The van der Waals surface area contributed by atoms with E-state index in [0.29, 0.717) is 5.56 Å². The zero-order valence-corrected chi connectivity index (χ0v) is 11.5. The van der Waals surface area contributed by atoms with Crippen molar-refractivity contribution in [3.63, 3.8) is 0 Å². The summed E-state index contributed by atoms with van der Waals surface area (Å²) in [6.45, 7) is 0.273. The van der Waals surface area contributed by atoms with Gasteiger partial charge in [-0.05, 0) is 44.0 Å². The van der Waals surface area contributed by atoms with E-state index in [1.807, 2.05) is 6.07 Å². The third kappa shape index (κ3) is 2.56. The molecule has 2 heterocycles. The summed E-state index contributed by atoms with van der Waals surface area (Å²) in [7, 11) is 0. The van der Waals surface area contributed by atoms with Gasteiger partial charge in [-0.25, -0.2) is 0 Å². The highest BCUT2D eigenvalue weighted by Crippen LogP contribution is 2.32. The Morgan fingerprint density at radius 3 is 2.87 bits per heavy atom. The van der Waals surface area contributed by atoms with Crippen molar-refractivity contribution in [1.82, 2.24) is 9.78 Å². The van der Waals surface area contributed by atoms with Gasteiger partial charge in [0.15, 0.2) is 5.78 Å². The largest absolute Gasteiger partial charge is 0.292 e. The third-order valence-electron chi connectivity index (χ3n) is 1.82. The summed E-state index contributed by atoms with van der Waals surface area (Å²) in [5.74, 6) is 0.0486. The van der Waals surface area contributed by atoms with Crippen molar-refractivity contribution >= 4 is 49.0 Å². The minimum atomic E-state index is 0.0486. The number of hydrogen-bond acceptors (Lipinski definition) is 3. The van der Waals surface area contributed by atoms with Crippen molar-refractivity contribution in [1.29, 1.82) is 0 Å². The van der Waals surface area contributed by atoms with Gasteiger partial charge in [0.25, 0.3) is 0 Å². The van der Waals surface area contributed by atoms with Crippen LogP contribution in [0.2, 0.25) is 0 Å². The number of carbonyl (C=O) groups is 1. The van der Waals surface area contributed by atoms with E-state index in [1.54, 1.807) is 23.1 Å². The Morgan fingerprint density at radius 2 is 2.33 bits per heavy atom. The minimum absolute atomic E-state index is 0.0486. The second kappa shape index (κ2) is 4.59. The topological polar surface area (TPSA) is 34.9 Å². The average molecular weight is 350 g/mol. The molecule has 0 saturated carbocycles. The summed E-state index contributed by atoms with van der Waals surface area (Å²) in [6, 6.07) is 3.62. The molecule has 0 unspecified atom stereocenters. The highest BCUT2D eigenvalue weighted by molar-refractivity contribution is 9.12. The predicted octanol–water partition coefficient (Wildman–Crippen LogP) is 3.35. The molecule has 0 aliphatic heterocycles. The number of halogens is 2. The van der Waals surface area contributed by atoms with Crippen LogP contribution in [-0.2, 0) is 6.54 Å². The van der Waals surface area contributed by atoms with Gasteiger partial charge in [-0.15, -0.1) is 11.3 Å². The Hall–Kier alpha value is -0.460. The fraction of sp³-hybridized carbons (Fsp3) is 0.111. The first-order valence-electron chi connectivity index (χ1n) is 4.12. The molecule has 2 rings (SSSR count). The fourth-order valence-corrected chi connectivity index (χ4v) is 4.01. The molecule has 15 heavy (non-hydrogen) atoms. The Morgan fingerprint density at radius 1 is 1.53 bits per heavy atom. The van der Waals surface area contributed by atoms with Crippen molar-refractivity contribution in [2.75, 3.05) is 0 Å². The van der Waals surface area contributed by atoms with Crippen LogP contribution in [0.1, 0.15) is 10.4 Å². The van der Waals surface area contributed by atoms with E-state index >= 15 is 0 Å². The van der Waals surface area contributed by atoms with Gasteiger partial charge < -0.3 is 0 Å². The quantitative estimate of drug-likeness (QED) is 0.796. The summed E-state index contributed by atoms with van der Waals surface area (Å²) >= 11 is 8.20. The molecule has 0 saturated heterocycles. The van der Waals surface area contributed by atoms with Gasteiger partial charge in [-0.1, -0.05) is 0 Å². The number of nitrogens with zero attached hydrogens (tertiary/aromatic N) is 2. The fourth-order valence-electron chi connectivity index (χ4n) is 1.16. The van der Waals surface area contributed by atoms with Crippen molar-refractivity contribution < 1.29 is 4.79 Å². The summed E-state index contributed by atoms with van der Waals surface area (Å²) in [5.41, 5.74) is 0.697. The predicted molar refractivity (Wildman–Crippen MR) is 66.3 cm³/mol. The van der Waals surface area contributed by atoms with Gasteiger partial charge in [0.05, 0.1) is 7.57 Å². The molecule has 0 aliphatic carbocycles. The summed E-state index contributed by atoms with van der Waals surface area (Å²) in [6.07, 6.45) is 3.43. The van der Waals surface area contributed by atoms with Gasteiger partial charge in [-0.3, -0.25) is 9.48 Å². The molecule has 78 valence electrons. The van der Waals surface area contributed by atoms with Crippen LogP contribution in [0.25, 0.3) is 0 Å². The number of rotatable bonds is 3. The molecule has 0 radical (unpaired) electrons. The highest BCUT2D eigenvalue weighted by Gasteiger charge is 2.13. The summed E-state index contributed by atoms with van der Waals surface area (Å²) in [5, 5.41) is 3.99. The van der Waals surface area contributed by atoms with Gasteiger partial charge in [0.2, 0.25) is 0 Å². The SMILES string of the molecule is O=C(Cn1cccn1)c1cc(Br)sc1Br. The van der Waals surface area contributed by atoms with E-state index in [9.17, 15) is 4.79 Å². The molecule has 6 heteroatoms. The van der Waals surface area contributed by atoms with Crippen molar-refractivity contribution in [3.8, 4) is 0 Å². The number of thiophene rings is 1. The molecule has 0 amide bonds. The van der Waals surface area contributed by atoms with Crippen molar-refractivity contribution in [3.05, 3.63) is 37.7 Å². The van der Waals surface area contributed by atoms with Crippen LogP contribution in [0.5, 0.6) is 0 Å². The molecule has 0 bridgehead atoms. The maximum Gasteiger partial charge on any atom is 0.186 e. The van der Waals surface area contributed by atoms with Crippen LogP contribution in [0, 0.1) is 0 Å². The maximum absolute atomic E-state index is 11.8. The van der Waals surface area contributed by atoms with Gasteiger partial charge in [0, 0.05) is 18.0 Å². The average Bonchev–Trinajstić information content (AvgIpc) is 2.75. The summed E-state index contributed by atoms with van der Waals surface area (Å²) in [4.78, 5) is 11.8. The van der Waals surface area contributed by atoms with E-state index in [1.165, 1.54) is 11.3 Å². The lowest BCUT2D eigenvalue weighted by Gasteiger charge is -1.99. The number of hydrogen-bond donors (Lipinski definition) is 0. The smallest absolute Gasteiger partial charge is 0.186 e. The molecule has 0 aromatic carbocycles. The standard InChI is InChI=1S/C9H6Br2N2OS/c10-8-4-6(9(11)15-8)7(14)5-13-3-1-2-12-13/h1-4H,5H2. The molecule has 2 aromatic rings. The Bertz CT molecular complexity index is 478. The normalized spacial score (nSPS) is 10.5. The van der Waals surface area contributed by atoms with E-state index in [0.717, 1.165) is 7.57 Å². The highest BCUT2D eigenvalue weighted by atomic mass is 79.9. The first-order valence-corrected chi connectivity index (χ1v) is 6.52. The monoisotopic (exact) mass is 348 g/mol. The van der Waals surface area contributed by atoms with Gasteiger partial charge >= 0.3 is 0 Å². The van der Waals surface area contributed by atoms with E-state index < -0.39 is 0 Å². The third-order valence-corrected chi connectivity index (χ3v) is 4.16. The molecular weight excluding hydrogens is 344 g/mol. The van der Waals surface area contributed by atoms with Crippen molar-refractivity contribution in [2.24, 2.45) is 0 Å². The summed E-state index contributed by atoms with van der Waals surface area (Å²) < 4.78 is 3.41. The van der Waals surface area contributed by atoms with E-state index in [4.69, 9.17) is 0 Å². The maximum atomic E-state index is 11.8. The van der Waals surface area contributed by atoms with Gasteiger partial charge in [-0.2, -0.15) is 5.10 Å². The Labute approximate surface area is 107 Å². The number of carbonyl (C=O) groups excluding carboxylic acids is 1. The lowest BCUT2D eigenvalue weighted by Crippen LogP contribution is -2.10. The van der Waals surface area contributed by atoms with Crippen LogP contribution in [-0.4, -0.2) is 15.6 Å². The Balaban J connectivity index is 2.18. The lowest BCUT2D eigenvalue weighted by atomic mass is 10.2. The van der Waals surface area contributed by atoms with Crippen LogP contribution in [0.3, 0.4) is 0 Å². The molecule has 2 aromatic heterocycles. The Kier molecular flexibility index (Phi) is 3.38. The molecule has 0 fully saturated rings. The zero-order chi connectivity index (χ0) is 10.8. The first kappa shape index (κ1) is 11.0. The van der Waals surface area contributed by atoms with Gasteiger partial charge in [0.1, 0.15) is 6.54 Å². The molecular formula is C9H6Br2N2OS. The molecule has 0 atom stereocenters. The van der Waals surface area contributed by atoms with Crippen LogP contribution < -0.4 is 0 Å². The molecule has 0 aliphatic rings. The van der Waals surface area contributed by atoms with Crippen molar-refractivity contribution in [2.45, 2.75) is 6.54 Å². The van der Waals surface area contributed by atoms with Crippen LogP contribution in [0.15, 0.2) is 32.1 Å². The molecule has 3 nitrogen and oxygen atoms in total. The first-order chi connectivity index (χ1) is 7.16. The molecule has 0 spiro atoms. The van der Waals surface area contributed by atoms with Crippen LogP contribution >= 0.6 is 43.2 Å². The number of aromatic nitrogens is 2. The number of ketones is 1. The van der Waals surface area contributed by atoms with E-state index in [2.05, 4.69) is 37.0 Å². The minimum Gasteiger partial charge on any atom is -0.292 e. The van der Waals surface area contributed by atoms with Crippen LogP contribution in [0.4, 0.5) is 0 Å². The second-order valence-electron chi connectivity index (χ2n) is 2.86. The lowest BCUT2D eigenvalue weighted by molar-refractivity contribution is 0.0967. The molecule has 0 N–H and O–H groups in total. The second-order valence-corrected chi connectivity index (χ2v) is 6.61. The zero-order valence-electron chi connectivity index (χ0n) is 7.48. The number of Topliss-reactive ketones (excluding diaryl/α,β-unsaturated/α-hetero) is 1.